The Kier molecular flexibility index (Phi) is 9.16. The van der Waals surface area contributed by atoms with Crippen LogP contribution in [0.1, 0.15) is 51.0 Å². The molecule has 42 heavy (non-hydrogen) atoms. The van der Waals surface area contributed by atoms with Gasteiger partial charge in [-0.25, -0.2) is 9.07 Å². The third kappa shape index (κ3) is 6.46. The summed E-state index contributed by atoms with van der Waals surface area (Å²) in [5.74, 6) is -0.0291. The number of halogens is 1. The van der Waals surface area contributed by atoms with Gasteiger partial charge < -0.3 is 20.1 Å². The number of amides is 2. The Balaban J connectivity index is 0.00000264. The van der Waals surface area contributed by atoms with Crippen LogP contribution in [-0.4, -0.2) is 41.9 Å². The lowest BCUT2D eigenvalue weighted by molar-refractivity contribution is -0.124. The first-order valence-electron chi connectivity index (χ1n) is 14.2. The number of ether oxygens (including phenoxy) is 2. The number of benzene rings is 3. The second-order valence-electron chi connectivity index (χ2n) is 10.4. The van der Waals surface area contributed by atoms with Gasteiger partial charge in [-0.3, -0.25) is 9.59 Å². The first kappa shape index (κ1) is 28.9. The Labute approximate surface area is 247 Å². The van der Waals surface area contributed by atoms with E-state index in [0.717, 1.165) is 37.7 Å². The highest BCUT2D eigenvalue weighted by atomic mass is 19.1. The lowest BCUT2D eigenvalue weighted by atomic mass is 9.83. The van der Waals surface area contributed by atoms with Crippen LogP contribution in [0.25, 0.3) is 16.9 Å². The fraction of sp³-hybridized carbons (Fsp3) is 0.303. The molecule has 0 spiro atoms. The number of hydrogen-bond acceptors (Lipinski definition) is 5. The van der Waals surface area contributed by atoms with Crippen molar-refractivity contribution in [3.05, 3.63) is 95.9 Å². The zero-order valence-corrected chi connectivity index (χ0v) is 23.8. The lowest BCUT2D eigenvalue weighted by Gasteiger charge is -2.30. The molecule has 0 unspecified atom stereocenters. The average Bonchev–Trinajstić information content (AvgIpc) is 3.48. The van der Waals surface area contributed by atoms with Gasteiger partial charge in [-0.15, -0.1) is 0 Å². The van der Waals surface area contributed by atoms with Crippen molar-refractivity contribution in [1.82, 2.24) is 20.4 Å². The number of carbonyl (C=O) groups is 2. The second-order valence-corrected chi connectivity index (χ2v) is 10.4. The predicted octanol–water partition coefficient (Wildman–Crippen LogP) is 6.18. The largest absolute Gasteiger partial charge is 0.496 e. The number of nitrogens with zero attached hydrogens (tertiary/aromatic N) is 2. The minimum atomic E-state index is -0.707. The molecule has 1 atom stereocenters. The fourth-order valence-electron chi connectivity index (χ4n) is 5.53. The molecule has 0 saturated heterocycles. The highest BCUT2D eigenvalue weighted by molar-refractivity contribution is 5.97. The Bertz CT molecular complexity index is 1500. The number of aromatic nitrogens is 2. The molecule has 4 aromatic rings. The molecule has 1 aromatic heterocycles. The van der Waals surface area contributed by atoms with Crippen LogP contribution in [0.15, 0.2) is 78.9 Å². The SMILES string of the molecule is COc1cccc(OC)c1-c1cc(C(=O)N[C@H](C(=O)NCc2ccccc2)C2CCCCC2)nn1-c1ccc(F)cc1.[HH].[HH]. The van der Waals surface area contributed by atoms with Crippen LogP contribution in [0.2, 0.25) is 0 Å². The molecule has 1 aliphatic carbocycles. The standard InChI is InChI=1S/C33H35FN4O4.2H2/c1-41-28-14-9-15-29(42-2)30(28)27-20-26(37-38(27)25-18-16-24(34)17-19-25)32(39)36-31(23-12-7-4-8-13-23)33(40)35-21-22-10-5-3-6-11-22;;/h3,5-6,9-11,14-20,23,31H,4,7-8,12-13,21H2,1-2H3,(H,35,40)(H,36,39);2*1H/t31-;;/m0../s1. The highest BCUT2D eigenvalue weighted by Gasteiger charge is 2.32. The molecular weight excluding hydrogens is 535 g/mol. The van der Waals surface area contributed by atoms with Crippen LogP contribution < -0.4 is 20.1 Å². The topological polar surface area (TPSA) is 94.5 Å². The molecule has 222 valence electrons. The molecule has 1 heterocycles. The molecule has 1 fully saturated rings. The van der Waals surface area contributed by atoms with E-state index in [4.69, 9.17) is 9.47 Å². The van der Waals surface area contributed by atoms with Crippen molar-refractivity contribution in [2.45, 2.75) is 44.7 Å². The van der Waals surface area contributed by atoms with Crippen LogP contribution >= 0.6 is 0 Å². The predicted molar refractivity (Wildman–Crippen MR) is 162 cm³/mol. The van der Waals surface area contributed by atoms with Crippen molar-refractivity contribution in [2.75, 3.05) is 14.2 Å². The van der Waals surface area contributed by atoms with Crippen molar-refractivity contribution in [2.24, 2.45) is 5.92 Å². The van der Waals surface area contributed by atoms with E-state index >= 15 is 0 Å². The van der Waals surface area contributed by atoms with Gasteiger partial charge in [0, 0.05) is 9.40 Å². The Morgan fingerprint density at radius 2 is 1.62 bits per heavy atom. The van der Waals surface area contributed by atoms with E-state index in [1.807, 2.05) is 30.3 Å². The first-order chi connectivity index (χ1) is 20.5. The Hall–Kier alpha value is -4.66. The zero-order chi connectivity index (χ0) is 29.5. The maximum absolute atomic E-state index is 13.8. The molecule has 1 saturated carbocycles. The summed E-state index contributed by atoms with van der Waals surface area (Å²) in [6.07, 6.45) is 4.86. The monoisotopic (exact) mass is 574 g/mol. The van der Waals surface area contributed by atoms with Gasteiger partial charge in [0.05, 0.1) is 31.2 Å². The molecule has 2 amide bonds. The fourth-order valence-corrected chi connectivity index (χ4v) is 5.53. The minimum Gasteiger partial charge on any atom is -0.496 e. The zero-order valence-electron chi connectivity index (χ0n) is 23.8. The Morgan fingerprint density at radius 3 is 2.26 bits per heavy atom. The summed E-state index contributed by atoms with van der Waals surface area (Å²) < 4.78 is 26.6. The van der Waals surface area contributed by atoms with E-state index < -0.39 is 17.8 Å². The number of nitrogens with one attached hydrogen (secondary N) is 2. The molecule has 2 N–H and O–H groups in total. The van der Waals surface area contributed by atoms with E-state index in [0.29, 0.717) is 35.0 Å². The van der Waals surface area contributed by atoms with Gasteiger partial charge >= 0.3 is 0 Å². The number of rotatable bonds is 10. The van der Waals surface area contributed by atoms with Crippen molar-refractivity contribution in [3.8, 4) is 28.4 Å². The quantitative estimate of drug-likeness (QED) is 0.236. The van der Waals surface area contributed by atoms with Crippen LogP contribution in [-0.2, 0) is 11.3 Å². The summed E-state index contributed by atoms with van der Waals surface area (Å²) in [5.41, 5.74) is 2.74. The summed E-state index contributed by atoms with van der Waals surface area (Å²) in [6, 6.07) is 21.8. The van der Waals surface area contributed by atoms with Crippen molar-refractivity contribution < 1.29 is 26.3 Å². The average molecular weight is 575 g/mol. The second kappa shape index (κ2) is 13.3. The Morgan fingerprint density at radius 1 is 0.952 bits per heavy atom. The number of hydrogen-bond donors (Lipinski definition) is 2. The summed E-state index contributed by atoms with van der Waals surface area (Å²) in [4.78, 5) is 27.3. The van der Waals surface area contributed by atoms with Crippen LogP contribution in [0.3, 0.4) is 0 Å². The van der Waals surface area contributed by atoms with E-state index in [-0.39, 0.29) is 20.4 Å². The van der Waals surface area contributed by atoms with Gasteiger partial charge in [0.15, 0.2) is 5.69 Å². The van der Waals surface area contributed by atoms with Crippen molar-refractivity contribution in [3.63, 3.8) is 0 Å². The normalized spacial score (nSPS) is 14.2. The maximum Gasteiger partial charge on any atom is 0.272 e. The third-order valence-corrected chi connectivity index (χ3v) is 7.70. The van der Waals surface area contributed by atoms with E-state index in [2.05, 4.69) is 15.7 Å². The molecule has 0 bridgehead atoms. The molecule has 9 heteroatoms. The lowest BCUT2D eigenvalue weighted by Crippen LogP contribution is -2.51. The van der Waals surface area contributed by atoms with Crippen LogP contribution in [0.5, 0.6) is 11.5 Å². The van der Waals surface area contributed by atoms with Gasteiger partial charge in [-0.2, -0.15) is 5.10 Å². The van der Waals surface area contributed by atoms with Gasteiger partial charge in [-0.1, -0.05) is 55.7 Å². The summed E-state index contributed by atoms with van der Waals surface area (Å²) in [6.45, 7) is 0.371. The van der Waals surface area contributed by atoms with Gasteiger partial charge in [0.25, 0.3) is 5.91 Å². The third-order valence-electron chi connectivity index (χ3n) is 7.70. The summed E-state index contributed by atoms with van der Waals surface area (Å²) in [5, 5.41) is 10.6. The molecule has 5 rings (SSSR count). The van der Waals surface area contributed by atoms with Crippen LogP contribution in [0.4, 0.5) is 4.39 Å². The van der Waals surface area contributed by atoms with Gasteiger partial charge in [0.1, 0.15) is 23.4 Å². The molecule has 0 aliphatic heterocycles. The van der Waals surface area contributed by atoms with Crippen LogP contribution in [0, 0.1) is 11.7 Å². The molecular formula is C33H39FN4O4. The van der Waals surface area contributed by atoms with Crippen molar-refractivity contribution >= 4 is 11.8 Å². The molecule has 1 aliphatic rings. The van der Waals surface area contributed by atoms with E-state index in [9.17, 15) is 14.0 Å². The highest BCUT2D eigenvalue weighted by Crippen LogP contribution is 2.39. The summed E-state index contributed by atoms with van der Waals surface area (Å²) in [7, 11) is 3.10. The van der Waals surface area contributed by atoms with Gasteiger partial charge in [-0.05, 0) is 66.8 Å². The minimum absolute atomic E-state index is 0. The number of methoxy groups -OCH3 is 2. The van der Waals surface area contributed by atoms with Gasteiger partial charge in [0.2, 0.25) is 5.91 Å². The van der Waals surface area contributed by atoms with E-state index in [1.165, 1.54) is 12.1 Å². The summed E-state index contributed by atoms with van der Waals surface area (Å²) >= 11 is 0. The smallest absolute Gasteiger partial charge is 0.272 e. The van der Waals surface area contributed by atoms with E-state index in [1.54, 1.807) is 55.3 Å². The van der Waals surface area contributed by atoms with Crippen molar-refractivity contribution in [1.29, 1.82) is 0 Å². The molecule has 8 nitrogen and oxygen atoms in total. The molecule has 3 aromatic carbocycles. The first-order valence-corrected chi connectivity index (χ1v) is 14.2. The molecule has 0 radical (unpaired) electrons. The maximum atomic E-state index is 13.8. The number of carbonyl (C=O) groups excluding carboxylic acids is 2.